The fourth-order valence-electron chi connectivity index (χ4n) is 4.82. The average molecular weight is 540 g/mol. The molecule has 0 bridgehead atoms. The average Bonchev–Trinajstić information content (AvgIpc) is 3.46. The smallest absolute Gasteiger partial charge is 0.319 e. The molecule has 2 aliphatic heterocycles. The summed E-state index contributed by atoms with van der Waals surface area (Å²) in [6.07, 6.45) is 5.14. The first kappa shape index (κ1) is 26.5. The van der Waals surface area contributed by atoms with Crippen molar-refractivity contribution in [3.05, 3.63) is 83.4 Å². The van der Waals surface area contributed by atoms with E-state index in [-0.39, 0.29) is 12.1 Å². The fraction of sp³-hybridized carbons (Fsp3) is 0.429. The zero-order chi connectivity index (χ0) is 26.5. The molecule has 2 saturated heterocycles. The maximum absolute atomic E-state index is 12.2. The Morgan fingerprint density at radius 3 is 2.42 bits per heavy atom. The van der Waals surface area contributed by atoms with Gasteiger partial charge in [-0.05, 0) is 23.8 Å². The van der Waals surface area contributed by atoms with E-state index in [0.717, 1.165) is 43.0 Å². The highest BCUT2D eigenvalue weighted by molar-refractivity contribution is 6.31. The van der Waals surface area contributed by atoms with Gasteiger partial charge in [0.05, 0.1) is 32.7 Å². The lowest BCUT2D eigenvalue weighted by Crippen LogP contribution is -2.51. The first-order valence-corrected chi connectivity index (χ1v) is 13.2. The predicted molar refractivity (Wildman–Crippen MR) is 145 cm³/mol. The van der Waals surface area contributed by atoms with E-state index in [2.05, 4.69) is 34.1 Å². The van der Waals surface area contributed by atoms with Gasteiger partial charge in [-0.2, -0.15) is 0 Å². The molecule has 0 aliphatic carbocycles. The summed E-state index contributed by atoms with van der Waals surface area (Å²) in [6.45, 7) is 4.74. The number of benzene rings is 2. The molecule has 2 aromatic carbocycles. The van der Waals surface area contributed by atoms with Crippen LogP contribution in [-0.4, -0.2) is 85.0 Å². The summed E-state index contributed by atoms with van der Waals surface area (Å²) in [4.78, 5) is 22.1. The third-order valence-electron chi connectivity index (χ3n) is 6.96. The largest absolute Gasteiger partial charge is 0.369 e. The molecule has 0 N–H and O–H groups in total. The molecule has 0 unspecified atom stereocenters. The standard InChI is InChI=1S/C28H34ClN5O4/c1-31(2)27(35)34-15-13-33(14-16-34)23-9-7-22(8-10-23)17-36-24-18-37-28(38-19-24,20-32-12-11-30-21-32)25-5-3-4-6-26(25)29/h3-12,21,24H,13-20H2,1-2H3/t24-,28-. The van der Waals surface area contributed by atoms with Gasteiger partial charge < -0.3 is 33.5 Å². The Morgan fingerprint density at radius 2 is 1.79 bits per heavy atom. The van der Waals surface area contributed by atoms with E-state index in [9.17, 15) is 4.79 Å². The number of halogens is 1. The number of urea groups is 1. The molecule has 202 valence electrons. The number of ether oxygens (including phenoxy) is 3. The molecule has 2 fully saturated rings. The molecule has 5 rings (SSSR count). The number of piperazine rings is 1. The summed E-state index contributed by atoms with van der Waals surface area (Å²) in [5, 5.41) is 0.595. The second kappa shape index (κ2) is 11.7. The van der Waals surface area contributed by atoms with Crippen molar-refractivity contribution in [2.45, 2.75) is 25.0 Å². The van der Waals surface area contributed by atoms with E-state index in [1.807, 2.05) is 39.9 Å². The number of carbonyl (C=O) groups is 1. The lowest BCUT2D eigenvalue weighted by atomic mass is 10.0. The lowest BCUT2D eigenvalue weighted by Gasteiger charge is -2.40. The van der Waals surface area contributed by atoms with Crippen molar-refractivity contribution in [3.63, 3.8) is 0 Å². The molecule has 2 aliphatic rings. The van der Waals surface area contributed by atoms with E-state index < -0.39 is 5.79 Å². The summed E-state index contributed by atoms with van der Waals surface area (Å²) in [5.41, 5.74) is 3.02. The van der Waals surface area contributed by atoms with Crippen LogP contribution in [0.5, 0.6) is 0 Å². The van der Waals surface area contributed by atoms with E-state index in [4.69, 9.17) is 25.8 Å². The van der Waals surface area contributed by atoms with Crippen LogP contribution in [0, 0.1) is 0 Å². The molecular formula is C28H34ClN5O4. The molecule has 38 heavy (non-hydrogen) atoms. The van der Waals surface area contributed by atoms with Gasteiger partial charge in [0.1, 0.15) is 6.10 Å². The zero-order valence-electron chi connectivity index (χ0n) is 21.8. The number of hydrogen-bond donors (Lipinski definition) is 0. The molecule has 10 heteroatoms. The van der Waals surface area contributed by atoms with E-state index in [0.29, 0.717) is 31.4 Å². The highest BCUT2D eigenvalue weighted by Gasteiger charge is 2.41. The van der Waals surface area contributed by atoms with Crippen LogP contribution < -0.4 is 4.90 Å². The molecular weight excluding hydrogens is 506 g/mol. The highest BCUT2D eigenvalue weighted by Crippen LogP contribution is 2.37. The molecule has 3 aromatic rings. The number of hydrogen-bond acceptors (Lipinski definition) is 6. The van der Waals surface area contributed by atoms with Crippen LogP contribution in [0.25, 0.3) is 0 Å². The number of rotatable bonds is 7. The Hall–Kier alpha value is -3.11. The normalized spacial score (nSPS) is 21.9. The van der Waals surface area contributed by atoms with Gasteiger partial charge in [-0.25, -0.2) is 9.78 Å². The number of aromatic nitrogens is 2. The van der Waals surface area contributed by atoms with Crippen molar-refractivity contribution in [2.75, 3.05) is 58.4 Å². The van der Waals surface area contributed by atoms with Gasteiger partial charge in [-0.15, -0.1) is 0 Å². The fourth-order valence-corrected chi connectivity index (χ4v) is 5.10. The predicted octanol–water partition coefficient (Wildman–Crippen LogP) is 3.83. The maximum Gasteiger partial charge on any atom is 0.319 e. The summed E-state index contributed by atoms with van der Waals surface area (Å²) < 4.78 is 20.7. The van der Waals surface area contributed by atoms with Crippen LogP contribution in [-0.2, 0) is 33.1 Å². The first-order chi connectivity index (χ1) is 18.4. The second-order valence-corrected chi connectivity index (χ2v) is 10.2. The highest BCUT2D eigenvalue weighted by atomic mass is 35.5. The van der Waals surface area contributed by atoms with Crippen molar-refractivity contribution >= 4 is 23.3 Å². The number of amides is 2. The molecule has 9 nitrogen and oxygen atoms in total. The van der Waals surface area contributed by atoms with E-state index in [1.165, 1.54) is 0 Å². The third kappa shape index (κ3) is 5.96. The van der Waals surface area contributed by atoms with Crippen LogP contribution >= 0.6 is 11.6 Å². The molecule has 1 aromatic heterocycles. The van der Waals surface area contributed by atoms with E-state index >= 15 is 0 Å². The van der Waals surface area contributed by atoms with Crippen molar-refractivity contribution in [3.8, 4) is 0 Å². The van der Waals surface area contributed by atoms with Gasteiger partial charge in [-0.1, -0.05) is 41.9 Å². The quantitative estimate of drug-likeness (QED) is 0.454. The second-order valence-electron chi connectivity index (χ2n) is 9.84. The van der Waals surface area contributed by atoms with Crippen LogP contribution in [0.2, 0.25) is 5.02 Å². The number of carbonyl (C=O) groups excluding carboxylic acids is 1. The van der Waals surface area contributed by atoms with Crippen molar-refractivity contribution in [2.24, 2.45) is 0 Å². The zero-order valence-corrected chi connectivity index (χ0v) is 22.6. The minimum atomic E-state index is -1.01. The lowest BCUT2D eigenvalue weighted by molar-refractivity contribution is -0.313. The van der Waals surface area contributed by atoms with Gasteiger partial charge in [0.2, 0.25) is 5.79 Å². The van der Waals surface area contributed by atoms with Crippen LogP contribution in [0.15, 0.2) is 67.3 Å². The van der Waals surface area contributed by atoms with Gasteiger partial charge in [0.25, 0.3) is 0 Å². The summed E-state index contributed by atoms with van der Waals surface area (Å²) in [7, 11) is 3.58. The molecule has 2 amide bonds. The minimum Gasteiger partial charge on any atom is -0.369 e. The van der Waals surface area contributed by atoms with Gasteiger partial charge in [-0.3, -0.25) is 0 Å². The Kier molecular flexibility index (Phi) is 8.18. The van der Waals surface area contributed by atoms with Gasteiger partial charge in [0, 0.05) is 68.9 Å². The SMILES string of the molecule is CN(C)C(=O)N1CCN(c2ccc(CO[C@H]3CO[C@](Cn4ccnc4)(c4ccccc4Cl)OC3)cc2)CC1. The molecule has 0 saturated carbocycles. The number of imidazole rings is 1. The summed E-state index contributed by atoms with van der Waals surface area (Å²) in [5.74, 6) is -1.01. The monoisotopic (exact) mass is 539 g/mol. The first-order valence-electron chi connectivity index (χ1n) is 12.8. The van der Waals surface area contributed by atoms with Gasteiger partial charge >= 0.3 is 6.03 Å². The van der Waals surface area contributed by atoms with Crippen molar-refractivity contribution < 1.29 is 19.0 Å². The maximum atomic E-state index is 12.2. The van der Waals surface area contributed by atoms with Crippen molar-refractivity contribution in [1.82, 2.24) is 19.4 Å². The molecule has 0 atom stereocenters. The number of nitrogens with zero attached hydrogens (tertiary/aromatic N) is 5. The Balaban J connectivity index is 1.14. The minimum absolute atomic E-state index is 0.0682. The van der Waals surface area contributed by atoms with Crippen molar-refractivity contribution in [1.29, 1.82) is 0 Å². The summed E-state index contributed by atoms with van der Waals surface area (Å²) in [6, 6.07) is 16.1. The number of anilines is 1. The van der Waals surface area contributed by atoms with Gasteiger partial charge in [0.15, 0.2) is 0 Å². The Morgan fingerprint density at radius 1 is 1.08 bits per heavy atom. The Labute approximate surface area is 228 Å². The summed E-state index contributed by atoms with van der Waals surface area (Å²) >= 11 is 6.53. The Bertz CT molecular complexity index is 1190. The van der Waals surface area contributed by atoms with Crippen LogP contribution in [0.4, 0.5) is 10.5 Å². The molecule has 0 radical (unpaired) electrons. The van der Waals surface area contributed by atoms with Crippen LogP contribution in [0.3, 0.4) is 0 Å². The molecule has 3 heterocycles. The topological polar surface area (TPSA) is 72.3 Å². The third-order valence-corrected chi connectivity index (χ3v) is 7.29. The van der Waals surface area contributed by atoms with Crippen LogP contribution in [0.1, 0.15) is 11.1 Å². The van der Waals surface area contributed by atoms with E-state index in [1.54, 1.807) is 31.5 Å². The molecule has 0 spiro atoms.